The first-order chi connectivity index (χ1) is 10.3. The maximum atomic E-state index is 13.2. The van der Waals surface area contributed by atoms with Crippen LogP contribution in [0.2, 0.25) is 0 Å². The van der Waals surface area contributed by atoms with Gasteiger partial charge in [-0.15, -0.1) is 0 Å². The van der Waals surface area contributed by atoms with E-state index in [1.165, 1.54) is 10.9 Å². The minimum atomic E-state index is -4.62. The molecule has 0 saturated heterocycles. The highest BCUT2D eigenvalue weighted by atomic mass is 19.4. The molecule has 6 nitrogen and oxygen atoms in total. The highest BCUT2D eigenvalue weighted by molar-refractivity contribution is 5.66. The molecule has 0 unspecified atom stereocenters. The molecule has 0 aliphatic heterocycles. The molecule has 0 radical (unpaired) electrons. The zero-order valence-electron chi connectivity index (χ0n) is 11.5. The average molecular weight is 306 g/mol. The van der Waals surface area contributed by atoms with Crippen molar-refractivity contribution in [3.63, 3.8) is 0 Å². The van der Waals surface area contributed by atoms with Crippen molar-refractivity contribution in [2.45, 2.75) is 13.1 Å². The van der Waals surface area contributed by atoms with Crippen molar-refractivity contribution in [2.75, 3.05) is 0 Å². The molecule has 0 spiro atoms. The molecule has 0 bridgehead atoms. The van der Waals surface area contributed by atoms with E-state index in [0.717, 1.165) is 12.3 Å². The van der Waals surface area contributed by atoms with Gasteiger partial charge in [-0.1, -0.05) is 0 Å². The molecule has 3 aromatic rings. The van der Waals surface area contributed by atoms with Crippen LogP contribution >= 0.6 is 0 Å². The Morgan fingerprint density at radius 2 is 1.95 bits per heavy atom. The van der Waals surface area contributed by atoms with Crippen molar-refractivity contribution in [1.29, 1.82) is 5.26 Å². The van der Waals surface area contributed by atoms with Gasteiger partial charge in [-0.05, 0) is 13.0 Å². The Morgan fingerprint density at radius 3 is 2.50 bits per heavy atom. The average Bonchev–Trinajstić information content (AvgIpc) is 3.01. The predicted octanol–water partition coefficient (Wildman–Crippen LogP) is 2.33. The standard InChI is InChI=1S/C13H9F3N6/c1-7-9(6-18-21(7)2)10-3-11(13(14,15)16)22-12(20-10)8(4-17)5-19-22/h3,5-6H,1-2H3. The van der Waals surface area contributed by atoms with Gasteiger partial charge in [-0.25, -0.2) is 9.50 Å². The normalized spacial score (nSPS) is 11.8. The zero-order valence-corrected chi connectivity index (χ0v) is 11.5. The summed E-state index contributed by atoms with van der Waals surface area (Å²) in [5.41, 5.74) is 0.104. The first-order valence-corrected chi connectivity index (χ1v) is 6.18. The molecule has 112 valence electrons. The Bertz CT molecular complexity index is 912. The molecule has 0 aromatic carbocycles. The number of nitriles is 1. The summed E-state index contributed by atoms with van der Waals surface area (Å²) in [7, 11) is 1.68. The van der Waals surface area contributed by atoms with Crippen molar-refractivity contribution >= 4 is 5.65 Å². The minimum Gasteiger partial charge on any atom is -0.272 e. The lowest BCUT2D eigenvalue weighted by atomic mass is 10.1. The summed E-state index contributed by atoms with van der Waals surface area (Å²) in [6.45, 7) is 1.73. The van der Waals surface area contributed by atoms with Crippen molar-refractivity contribution < 1.29 is 13.2 Å². The van der Waals surface area contributed by atoms with Crippen molar-refractivity contribution in [3.8, 4) is 17.3 Å². The van der Waals surface area contributed by atoms with Crippen molar-refractivity contribution in [1.82, 2.24) is 24.4 Å². The third-order valence-corrected chi connectivity index (χ3v) is 3.39. The molecule has 0 saturated carbocycles. The van der Waals surface area contributed by atoms with Gasteiger partial charge in [0, 0.05) is 18.3 Å². The van der Waals surface area contributed by atoms with Crippen LogP contribution in [-0.4, -0.2) is 24.4 Å². The van der Waals surface area contributed by atoms with E-state index >= 15 is 0 Å². The maximum absolute atomic E-state index is 13.2. The topological polar surface area (TPSA) is 71.8 Å². The molecule has 0 aliphatic carbocycles. The second-order valence-electron chi connectivity index (χ2n) is 4.70. The third kappa shape index (κ3) is 2.00. The lowest BCUT2D eigenvalue weighted by molar-refractivity contribution is -0.142. The number of nitrogens with zero attached hydrogens (tertiary/aromatic N) is 6. The van der Waals surface area contributed by atoms with Crippen molar-refractivity contribution in [3.05, 3.63) is 35.4 Å². The quantitative estimate of drug-likeness (QED) is 0.691. The second-order valence-corrected chi connectivity index (χ2v) is 4.70. The van der Waals surface area contributed by atoms with Crippen LogP contribution in [-0.2, 0) is 13.2 Å². The first kappa shape index (κ1) is 14.1. The van der Waals surface area contributed by atoms with Crippen LogP contribution in [0.1, 0.15) is 17.0 Å². The highest BCUT2D eigenvalue weighted by Gasteiger charge is 2.35. The van der Waals surface area contributed by atoms with Gasteiger partial charge in [0.25, 0.3) is 0 Å². The number of fused-ring (bicyclic) bond motifs is 1. The molecule has 0 aliphatic rings. The lowest BCUT2D eigenvalue weighted by Gasteiger charge is -2.10. The number of aromatic nitrogens is 5. The smallest absolute Gasteiger partial charge is 0.272 e. The fourth-order valence-electron chi connectivity index (χ4n) is 2.13. The van der Waals surface area contributed by atoms with E-state index in [2.05, 4.69) is 15.2 Å². The number of rotatable bonds is 1. The predicted molar refractivity (Wildman–Crippen MR) is 69.6 cm³/mol. The Kier molecular flexibility index (Phi) is 2.91. The number of alkyl halides is 3. The maximum Gasteiger partial charge on any atom is 0.433 e. The highest BCUT2D eigenvalue weighted by Crippen LogP contribution is 2.33. The molecule has 3 heterocycles. The molecule has 9 heteroatoms. The molecule has 0 amide bonds. The summed E-state index contributed by atoms with van der Waals surface area (Å²) < 4.78 is 41.9. The minimum absolute atomic E-state index is 0.0195. The van der Waals surface area contributed by atoms with Gasteiger partial charge >= 0.3 is 6.18 Å². The van der Waals surface area contributed by atoms with Gasteiger partial charge in [0.1, 0.15) is 11.6 Å². The number of hydrogen-bond acceptors (Lipinski definition) is 4. The second kappa shape index (κ2) is 4.56. The van der Waals surface area contributed by atoms with E-state index in [1.54, 1.807) is 20.0 Å². The van der Waals surface area contributed by atoms with E-state index in [4.69, 9.17) is 5.26 Å². The van der Waals surface area contributed by atoms with Crippen LogP contribution in [0.25, 0.3) is 16.9 Å². The van der Waals surface area contributed by atoms with E-state index < -0.39 is 11.9 Å². The van der Waals surface area contributed by atoms with E-state index in [9.17, 15) is 13.2 Å². The Labute approximate surface area is 122 Å². The monoisotopic (exact) mass is 306 g/mol. The fraction of sp³-hybridized carbons (Fsp3) is 0.231. The molecule has 3 rings (SSSR count). The summed E-state index contributed by atoms with van der Waals surface area (Å²) >= 11 is 0. The van der Waals surface area contributed by atoms with Gasteiger partial charge in [-0.2, -0.15) is 28.6 Å². The summed E-state index contributed by atoms with van der Waals surface area (Å²) in [6, 6.07) is 2.70. The number of halogens is 3. The van der Waals surface area contributed by atoms with Crippen LogP contribution in [0, 0.1) is 18.3 Å². The molecular weight excluding hydrogens is 297 g/mol. The molecule has 22 heavy (non-hydrogen) atoms. The van der Waals surface area contributed by atoms with Crippen molar-refractivity contribution in [2.24, 2.45) is 7.05 Å². The Balaban J connectivity index is 2.38. The Hall–Kier alpha value is -2.89. The van der Waals surface area contributed by atoms with E-state index in [1.807, 2.05) is 0 Å². The SMILES string of the molecule is Cc1c(-c2cc(C(F)(F)F)n3ncc(C#N)c3n2)cnn1C. The zero-order chi connectivity index (χ0) is 16.1. The van der Waals surface area contributed by atoms with Crippen LogP contribution in [0.4, 0.5) is 13.2 Å². The molecule has 3 aromatic heterocycles. The summed E-state index contributed by atoms with van der Waals surface area (Å²) in [4.78, 5) is 4.15. The fourth-order valence-corrected chi connectivity index (χ4v) is 2.13. The van der Waals surface area contributed by atoms with Crippen LogP contribution < -0.4 is 0 Å². The van der Waals surface area contributed by atoms with Gasteiger partial charge in [-0.3, -0.25) is 4.68 Å². The Morgan fingerprint density at radius 1 is 1.23 bits per heavy atom. The van der Waals surface area contributed by atoms with Crippen LogP contribution in [0.5, 0.6) is 0 Å². The molecule has 0 fully saturated rings. The molecule has 0 N–H and O–H groups in total. The number of aryl methyl sites for hydroxylation is 1. The summed E-state index contributed by atoms with van der Waals surface area (Å²) in [5, 5.41) is 16.6. The lowest BCUT2D eigenvalue weighted by Crippen LogP contribution is -2.13. The third-order valence-electron chi connectivity index (χ3n) is 3.39. The number of hydrogen-bond donors (Lipinski definition) is 0. The largest absolute Gasteiger partial charge is 0.433 e. The van der Waals surface area contributed by atoms with Gasteiger partial charge in [0.15, 0.2) is 11.3 Å². The van der Waals surface area contributed by atoms with Crippen LogP contribution in [0.15, 0.2) is 18.5 Å². The first-order valence-electron chi connectivity index (χ1n) is 6.18. The molecule has 0 atom stereocenters. The van der Waals surface area contributed by atoms with Gasteiger partial charge < -0.3 is 0 Å². The van der Waals surface area contributed by atoms with Crippen LogP contribution in [0.3, 0.4) is 0 Å². The van der Waals surface area contributed by atoms with Gasteiger partial charge in [0.2, 0.25) is 0 Å². The summed E-state index contributed by atoms with van der Waals surface area (Å²) in [5.74, 6) is 0. The molecular formula is C13H9F3N6. The van der Waals surface area contributed by atoms with Gasteiger partial charge in [0.05, 0.1) is 18.1 Å². The summed E-state index contributed by atoms with van der Waals surface area (Å²) in [6.07, 6.45) is -2.11. The van der Waals surface area contributed by atoms with E-state index in [0.29, 0.717) is 15.8 Å². The van der Waals surface area contributed by atoms with E-state index in [-0.39, 0.29) is 16.9 Å².